The molecule has 0 radical (unpaired) electrons. The molecule has 0 saturated heterocycles. The number of aromatic nitrogens is 2. The molecule has 5 heteroatoms. The van der Waals surface area contributed by atoms with E-state index in [1.807, 2.05) is 0 Å². The molecule has 1 aliphatic rings. The number of ether oxygens (including phenoxy) is 1. The highest BCUT2D eigenvalue weighted by atomic mass is 32.1. The molecular weight excluding hydrogens is 258 g/mol. The van der Waals surface area contributed by atoms with Gasteiger partial charge in [0.05, 0.1) is 12.7 Å². The van der Waals surface area contributed by atoms with E-state index >= 15 is 0 Å². The fourth-order valence-corrected chi connectivity index (χ4v) is 3.47. The number of nitrogens with one attached hydrogen (secondary N) is 1. The molecule has 19 heavy (non-hydrogen) atoms. The quantitative estimate of drug-likeness (QED) is 0.864. The van der Waals surface area contributed by atoms with Gasteiger partial charge >= 0.3 is 0 Å². The maximum atomic E-state index is 6.05. The lowest BCUT2D eigenvalue weighted by Crippen LogP contribution is -2.26. The van der Waals surface area contributed by atoms with Gasteiger partial charge in [-0.3, -0.25) is 0 Å². The first kappa shape index (κ1) is 14.7. The average molecular weight is 283 g/mol. The van der Waals surface area contributed by atoms with E-state index in [1.54, 1.807) is 0 Å². The van der Waals surface area contributed by atoms with Gasteiger partial charge in [-0.05, 0) is 37.5 Å². The zero-order chi connectivity index (χ0) is 13.7. The fraction of sp³-hybridized carbons (Fsp3) is 0.857. The molecule has 2 unspecified atom stereocenters. The Labute approximate surface area is 120 Å². The number of hydrogen-bond donors (Lipinski definition) is 1. The molecule has 1 aromatic rings. The Kier molecular flexibility index (Phi) is 5.58. The molecule has 0 bridgehead atoms. The van der Waals surface area contributed by atoms with E-state index < -0.39 is 0 Å². The van der Waals surface area contributed by atoms with Crippen molar-refractivity contribution in [2.24, 2.45) is 11.8 Å². The number of anilines is 1. The molecule has 1 aliphatic carbocycles. The van der Waals surface area contributed by atoms with Gasteiger partial charge in [0.2, 0.25) is 0 Å². The minimum atomic E-state index is 0.388. The Hall–Kier alpha value is -0.680. The Bertz CT molecular complexity index is 373. The summed E-state index contributed by atoms with van der Waals surface area (Å²) >= 11 is 1.42. The van der Waals surface area contributed by atoms with Gasteiger partial charge in [-0.1, -0.05) is 25.3 Å². The summed E-state index contributed by atoms with van der Waals surface area (Å²) in [6.07, 6.45) is 5.19. The van der Waals surface area contributed by atoms with Crippen LogP contribution in [0.3, 0.4) is 0 Å². The van der Waals surface area contributed by atoms with Crippen LogP contribution in [-0.4, -0.2) is 22.2 Å². The zero-order valence-corrected chi connectivity index (χ0v) is 13.0. The highest BCUT2D eigenvalue weighted by Gasteiger charge is 2.24. The van der Waals surface area contributed by atoms with Crippen molar-refractivity contribution in [1.82, 2.24) is 9.59 Å². The molecule has 1 fully saturated rings. The lowest BCUT2D eigenvalue weighted by molar-refractivity contribution is -0.0103. The van der Waals surface area contributed by atoms with Crippen LogP contribution in [0.1, 0.15) is 52.1 Å². The maximum absolute atomic E-state index is 6.05. The molecule has 0 aliphatic heterocycles. The van der Waals surface area contributed by atoms with E-state index in [1.165, 1.54) is 30.8 Å². The summed E-state index contributed by atoms with van der Waals surface area (Å²) in [5, 5.41) is 8.60. The third-order valence-electron chi connectivity index (χ3n) is 3.68. The molecule has 0 aromatic carbocycles. The van der Waals surface area contributed by atoms with Crippen molar-refractivity contribution in [3.05, 3.63) is 5.69 Å². The van der Waals surface area contributed by atoms with E-state index in [0.29, 0.717) is 12.7 Å². The van der Waals surface area contributed by atoms with Crippen LogP contribution in [-0.2, 0) is 11.3 Å². The molecular formula is C14H25N3OS. The van der Waals surface area contributed by atoms with Crippen molar-refractivity contribution >= 4 is 16.5 Å². The molecule has 0 amide bonds. The summed E-state index contributed by atoms with van der Waals surface area (Å²) in [6, 6.07) is 0. The molecule has 1 heterocycles. The van der Waals surface area contributed by atoms with E-state index in [0.717, 1.165) is 35.5 Å². The Morgan fingerprint density at radius 1 is 1.26 bits per heavy atom. The number of nitrogens with zero attached hydrogens (tertiary/aromatic N) is 2. The lowest BCUT2D eigenvalue weighted by Gasteiger charge is -2.31. The van der Waals surface area contributed by atoms with Crippen molar-refractivity contribution in [2.45, 2.75) is 59.2 Å². The highest BCUT2D eigenvalue weighted by molar-refractivity contribution is 7.10. The van der Waals surface area contributed by atoms with Crippen LogP contribution in [0.15, 0.2) is 0 Å². The van der Waals surface area contributed by atoms with Crippen LogP contribution in [0.5, 0.6) is 0 Å². The van der Waals surface area contributed by atoms with Crippen molar-refractivity contribution in [1.29, 1.82) is 0 Å². The monoisotopic (exact) mass is 283 g/mol. The topological polar surface area (TPSA) is 47.0 Å². The Morgan fingerprint density at radius 3 is 2.68 bits per heavy atom. The first-order valence-corrected chi connectivity index (χ1v) is 8.13. The van der Waals surface area contributed by atoms with Gasteiger partial charge in [-0.15, -0.1) is 5.10 Å². The van der Waals surface area contributed by atoms with Crippen LogP contribution in [0.25, 0.3) is 0 Å². The summed E-state index contributed by atoms with van der Waals surface area (Å²) in [5.74, 6) is 1.56. The SMILES string of the molecule is CCCNc1snnc1COC1CC(C)CC(C)C1. The third kappa shape index (κ3) is 4.42. The van der Waals surface area contributed by atoms with E-state index in [-0.39, 0.29) is 0 Å². The molecule has 4 nitrogen and oxygen atoms in total. The second-order valence-electron chi connectivity index (χ2n) is 5.83. The summed E-state index contributed by atoms with van der Waals surface area (Å²) in [4.78, 5) is 0. The fourth-order valence-electron chi connectivity index (χ4n) is 2.88. The van der Waals surface area contributed by atoms with Crippen LogP contribution < -0.4 is 5.32 Å². The van der Waals surface area contributed by atoms with Crippen molar-refractivity contribution in [3.8, 4) is 0 Å². The molecule has 108 valence electrons. The standard InChI is InChI=1S/C14H25N3OS/c1-4-5-15-14-13(16-17-19-14)9-18-12-7-10(2)6-11(3)8-12/h10-12,15H,4-9H2,1-3H3. The molecule has 0 spiro atoms. The maximum Gasteiger partial charge on any atom is 0.135 e. The first-order chi connectivity index (χ1) is 9.19. The van der Waals surface area contributed by atoms with Gasteiger partial charge in [0, 0.05) is 18.1 Å². The van der Waals surface area contributed by atoms with Gasteiger partial charge < -0.3 is 10.1 Å². The third-order valence-corrected chi connectivity index (χ3v) is 4.41. The van der Waals surface area contributed by atoms with E-state index in [9.17, 15) is 0 Å². The average Bonchev–Trinajstić information content (AvgIpc) is 2.80. The van der Waals surface area contributed by atoms with E-state index in [2.05, 4.69) is 35.7 Å². The van der Waals surface area contributed by atoms with Crippen LogP contribution >= 0.6 is 11.5 Å². The number of rotatable bonds is 6. The zero-order valence-electron chi connectivity index (χ0n) is 12.2. The van der Waals surface area contributed by atoms with Crippen LogP contribution in [0.4, 0.5) is 5.00 Å². The second-order valence-corrected chi connectivity index (χ2v) is 6.58. The van der Waals surface area contributed by atoms with E-state index in [4.69, 9.17) is 4.74 Å². The van der Waals surface area contributed by atoms with Crippen molar-refractivity contribution < 1.29 is 4.74 Å². The summed E-state index contributed by atoms with van der Waals surface area (Å²) in [7, 11) is 0. The number of hydrogen-bond acceptors (Lipinski definition) is 5. The summed E-state index contributed by atoms with van der Waals surface area (Å²) in [6.45, 7) is 8.36. The second kappa shape index (κ2) is 7.20. The molecule has 1 N–H and O–H groups in total. The molecule has 2 rings (SSSR count). The van der Waals surface area contributed by atoms with Gasteiger partial charge in [-0.2, -0.15) is 0 Å². The minimum Gasteiger partial charge on any atom is -0.374 e. The highest BCUT2D eigenvalue weighted by Crippen LogP contribution is 2.31. The first-order valence-electron chi connectivity index (χ1n) is 7.35. The lowest BCUT2D eigenvalue weighted by atomic mass is 9.82. The van der Waals surface area contributed by atoms with Gasteiger partial charge in [0.1, 0.15) is 10.7 Å². The van der Waals surface area contributed by atoms with Crippen LogP contribution in [0.2, 0.25) is 0 Å². The summed E-state index contributed by atoms with van der Waals surface area (Å²) in [5.41, 5.74) is 0.962. The van der Waals surface area contributed by atoms with Gasteiger partial charge in [-0.25, -0.2) is 0 Å². The largest absolute Gasteiger partial charge is 0.374 e. The molecule has 1 aromatic heterocycles. The predicted molar refractivity (Wildman–Crippen MR) is 79.4 cm³/mol. The van der Waals surface area contributed by atoms with Gasteiger partial charge in [0.15, 0.2) is 0 Å². The normalized spacial score (nSPS) is 27.4. The molecule has 2 atom stereocenters. The Balaban J connectivity index is 1.83. The van der Waals surface area contributed by atoms with Crippen molar-refractivity contribution in [2.75, 3.05) is 11.9 Å². The minimum absolute atomic E-state index is 0.388. The predicted octanol–water partition coefficient (Wildman–Crippen LogP) is 3.70. The summed E-state index contributed by atoms with van der Waals surface area (Å²) < 4.78 is 10.1. The van der Waals surface area contributed by atoms with Crippen molar-refractivity contribution in [3.63, 3.8) is 0 Å². The molecule has 1 saturated carbocycles. The van der Waals surface area contributed by atoms with Crippen LogP contribution in [0, 0.1) is 11.8 Å². The Morgan fingerprint density at radius 2 is 2.00 bits per heavy atom. The van der Waals surface area contributed by atoms with Gasteiger partial charge in [0.25, 0.3) is 0 Å². The smallest absolute Gasteiger partial charge is 0.135 e.